The van der Waals surface area contributed by atoms with E-state index in [1.165, 1.54) is 11.4 Å². The molecule has 6 heteroatoms. The van der Waals surface area contributed by atoms with Gasteiger partial charge in [-0.25, -0.2) is 4.72 Å². The molecule has 1 aliphatic heterocycles. The minimum Gasteiger partial charge on any atom is -0.300 e. The molecule has 5 nitrogen and oxygen atoms in total. The molecule has 1 saturated heterocycles. The summed E-state index contributed by atoms with van der Waals surface area (Å²) in [7, 11) is -1.78. The van der Waals surface area contributed by atoms with Crippen LogP contribution < -0.4 is 4.72 Å². The fourth-order valence-electron chi connectivity index (χ4n) is 1.94. The van der Waals surface area contributed by atoms with Crippen molar-refractivity contribution in [2.75, 3.05) is 39.8 Å². The predicted octanol–water partition coefficient (Wildman–Crippen LogP) is 0.750. The van der Waals surface area contributed by atoms with Gasteiger partial charge in [-0.1, -0.05) is 27.7 Å². The minimum atomic E-state index is -3.24. The van der Waals surface area contributed by atoms with Crippen molar-refractivity contribution < 1.29 is 8.42 Å². The summed E-state index contributed by atoms with van der Waals surface area (Å²) in [5.41, 5.74) is 0.300. The molecule has 0 aromatic carbocycles. The van der Waals surface area contributed by atoms with Gasteiger partial charge in [-0.15, -0.1) is 0 Å². The normalized spacial score (nSPS) is 22.1. The summed E-state index contributed by atoms with van der Waals surface area (Å²) >= 11 is 0. The molecule has 18 heavy (non-hydrogen) atoms. The summed E-state index contributed by atoms with van der Waals surface area (Å²) in [5, 5.41) is 0. The van der Waals surface area contributed by atoms with Crippen LogP contribution in [-0.4, -0.2) is 57.4 Å². The van der Waals surface area contributed by atoms with Crippen molar-refractivity contribution >= 4 is 10.2 Å². The van der Waals surface area contributed by atoms with Crippen molar-refractivity contribution in [2.24, 2.45) is 11.3 Å². The summed E-state index contributed by atoms with van der Waals surface area (Å²) in [5.74, 6) is 0.602. The van der Waals surface area contributed by atoms with Crippen molar-refractivity contribution in [1.29, 1.82) is 0 Å². The maximum atomic E-state index is 11.6. The highest BCUT2D eigenvalue weighted by molar-refractivity contribution is 7.87. The van der Waals surface area contributed by atoms with Crippen LogP contribution in [0.2, 0.25) is 0 Å². The molecule has 0 aliphatic carbocycles. The molecule has 0 spiro atoms. The zero-order chi connectivity index (χ0) is 14.0. The highest BCUT2D eigenvalue weighted by Crippen LogP contribution is 2.26. The molecule has 108 valence electrons. The van der Waals surface area contributed by atoms with E-state index in [0.717, 1.165) is 19.6 Å². The molecular weight excluding hydrogens is 250 g/mol. The molecule has 1 aliphatic rings. The maximum absolute atomic E-state index is 11.6. The van der Waals surface area contributed by atoms with E-state index in [-0.39, 0.29) is 0 Å². The van der Waals surface area contributed by atoms with Crippen molar-refractivity contribution in [3.8, 4) is 0 Å². The van der Waals surface area contributed by atoms with E-state index in [1.54, 1.807) is 0 Å². The Balaban J connectivity index is 2.46. The maximum Gasteiger partial charge on any atom is 0.279 e. The van der Waals surface area contributed by atoms with Gasteiger partial charge < -0.3 is 4.90 Å². The van der Waals surface area contributed by atoms with Crippen LogP contribution in [0.3, 0.4) is 0 Å². The lowest BCUT2D eigenvalue weighted by Gasteiger charge is -2.37. The smallest absolute Gasteiger partial charge is 0.279 e. The average molecular weight is 277 g/mol. The van der Waals surface area contributed by atoms with Gasteiger partial charge in [0.05, 0.1) is 0 Å². The second-order valence-corrected chi connectivity index (χ2v) is 8.05. The lowest BCUT2D eigenvalue weighted by molar-refractivity contribution is 0.126. The first-order valence-electron chi connectivity index (χ1n) is 6.58. The van der Waals surface area contributed by atoms with Crippen LogP contribution in [0.15, 0.2) is 0 Å². The Bertz CT molecular complexity index is 354. The first-order chi connectivity index (χ1) is 8.16. The summed E-state index contributed by atoms with van der Waals surface area (Å²) in [4.78, 5) is 2.36. The number of nitrogens with one attached hydrogen (secondary N) is 1. The molecule has 0 saturated carbocycles. The van der Waals surface area contributed by atoms with Crippen LogP contribution in [0.5, 0.6) is 0 Å². The van der Waals surface area contributed by atoms with Crippen LogP contribution in [0.25, 0.3) is 0 Å². The van der Waals surface area contributed by atoms with Crippen LogP contribution in [0, 0.1) is 11.3 Å². The van der Waals surface area contributed by atoms with E-state index < -0.39 is 10.2 Å². The van der Waals surface area contributed by atoms with E-state index in [2.05, 4.69) is 37.3 Å². The molecule has 1 heterocycles. The number of rotatable bonds is 4. The topological polar surface area (TPSA) is 52.7 Å². The van der Waals surface area contributed by atoms with Gasteiger partial charge >= 0.3 is 0 Å². The van der Waals surface area contributed by atoms with E-state index in [0.29, 0.717) is 24.4 Å². The second-order valence-electron chi connectivity index (χ2n) is 6.18. The highest BCUT2D eigenvalue weighted by Gasteiger charge is 2.28. The number of nitrogens with zero attached hydrogens (tertiary/aromatic N) is 2. The summed E-state index contributed by atoms with van der Waals surface area (Å²) < 4.78 is 27.2. The van der Waals surface area contributed by atoms with Crippen molar-refractivity contribution in [3.63, 3.8) is 0 Å². The number of piperazine rings is 1. The Hall–Kier alpha value is -0.170. The number of hydrogen-bond donors (Lipinski definition) is 1. The Morgan fingerprint density at radius 1 is 1.17 bits per heavy atom. The second kappa shape index (κ2) is 5.86. The molecule has 0 radical (unpaired) electrons. The highest BCUT2D eigenvalue weighted by atomic mass is 32.2. The molecule has 1 atom stereocenters. The Labute approximate surface area is 112 Å². The SMILES string of the molecule is CNS(=O)(=O)N1CCN(CC(C)C(C)(C)C)CC1. The van der Waals surface area contributed by atoms with E-state index >= 15 is 0 Å². The average Bonchev–Trinajstić information content (AvgIpc) is 2.28. The molecule has 1 rings (SSSR count). The zero-order valence-corrected chi connectivity index (χ0v) is 13.0. The monoisotopic (exact) mass is 277 g/mol. The van der Waals surface area contributed by atoms with Crippen molar-refractivity contribution in [1.82, 2.24) is 13.9 Å². The first-order valence-corrected chi connectivity index (χ1v) is 8.02. The van der Waals surface area contributed by atoms with Gasteiger partial charge in [0, 0.05) is 39.8 Å². The predicted molar refractivity (Wildman–Crippen MR) is 74.6 cm³/mol. The minimum absolute atomic E-state index is 0.300. The molecule has 0 bridgehead atoms. The van der Waals surface area contributed by atoms with Gasteiger partial charge in [-0.2, -0.15) is 12.7 Å². The van der Waals surface area contributed by atoms with Gasteiger partial charge in [0.1, 0.15) is 0 Å². The Kier molecular flexibility index (Phi) is 5.17. The third-order valence-electron chi connectivity index (χ3n) is 3.94. The van der Waals surface area contributed by atoms with Crippen LogP contribution in [-0.2, 0) is 10.2 Å². The quantitative estimate of drug-likeness (QED) is 0.825. The van der Waals surface area contributed by atoms with Gasteiger partial charge in [0.15, 0.2) is 0 Å². The van der Waals surface area contributed by atoms with E-state index in [4.69, 9.17) is 0 Å². The van der Waals surface area contributed by atoms with Crippen molar-refractivity contribution in [3.05, 3.63) is 0 Å². The standard InChI is InChI=1S/C12H27N3O2S/c1-11(12(2,3)4)10-14-6-8-15(9-7-14)18(16,17)13-5/h11,13H,6-10H2,1-5H3. The van der Waals surface area contributed by atoms with Gasteiger partial charge in [0.2, 0.25) is 0 Å². The lowest BCUT2D eigenvalue weighted by atomic mass is 9.82. The third-order valence-corrected chi connectivity index (χ3v) is 5.50. The van der Waals surface area contributed by atoms with Gasteiger partial charge in [-0.3, -0.25) is 0 Å². The largest absolute Gasteiger partial charge is 0.300 e. The zero-order valence-electron chi connectivity index (χ0n) is 12.2. The van der Waals surface area contributed by atoms with Crippen LogP contribution >= 0.6 is 0 Å². The Morgan fingerprint density at radius 2 is 1.67 bits per heavy atom. The molecular formula is C12H27N3O2S. The molecule has 0 amide bonds. The number of hydrogen-bond acceptors (Lipinski definition) is 3. The molecule has 1 fully saturated rings. The third kappa shape index (κ3) is 4.19. The molecule has 0 aromatic heterocycles. The summed E-state index contributed by atoms with van der Waals surface area (Å²) in [6.45, 7) is 12.9. The van der Waals surface area contributed by atoms with E-state index in [1.807, 2.05) is 0 Å². The first kappa shape index (κ1) is 15.9. The fourth-order valence-corrected chi connectivity index (χ4v) is 2.84. The van der Waals surface area contributed by atoms with Gasteiger partial charge in [-0.05, 0) is 11.3 Å². The van der Waals surface area contributed by atoms with Gasteiger partial charge in [0.25, 0.3) is 10.2 Å². The molecule has 1 unspecified atom stereocenters. The lowest BCUT2D eigenvalue weighted by Crippen LogP contribution is -2.52. The van der Waals surface area contributed by atoms with E-state index in [9.17, 15) is 8.42 Å². The summed E-state index contributed by atoms with van der Waals surface area (Å²) in [6, 6.07) is 0. The Morgan fingerprint density at radius 3 is 2.06 bits per heavy atom. The van der Waals surface area contributed by atoms with Crippen LogP contribution in [0.1, 0.15) is 27.7 Å². The summed E-state index contributed by atoms with van der Waals surface area (Å²) in [6.07, 6.45) is 0. The van der Waals surface area contributed by atoms with Crippen LogP contribution in [0.4, 0.5) is 0 Å². The molecule has 0 aromatic rings. The molecule has 1 N–H and O–H groups in total. The van der Waals surface area contributed by atoms with Crippen molar-refractivity contribution in [2.45, 2.75) is 27.7 Å². The fraction of sp³-hybridized carbons (Fsp3) is 1.00.